The number of aryl methyl sites for hydroxylation is 1. The van der Waals surface area contributed by atoms with E-state index in [4.69, 9.17) is 0 Å². The summed E-state index contributed by atoms with van der Waals surface area (Å²) >= 11 is 1.56. The summed E-state index contributed by atoms with van der Waals surface area (Å²) < 4.78 is 4.47. The standard InChI is InChI=1S/C23H26N4OS/c1-14-13-20(15(2)26(14)18-7-5-4-6-8-18)21(28)16(3)29-23-25-24-22(17-9-10-17)27(23)19-11-12-19/h4-8,13,16-17,19H,9-12H2,1-3H3/t16-/m0/s1. The lowest BCUT2D eigenvalue weighted by molar-refractivity contribution is 0.0993. The number of hydrogen-bond donors (Lipinski definition) is 0. The summed E-state index contributed by atoms with van der Waals surface area (Å²) in [5, 5.41) is 9.65. The van der Waals surface area contributed by atoms with Crippen molar-refractivity contribution < 1.29 is 4.79 Å². The second-order valence-electron chi connectivity index (χ2n) is 8.30. The van der Waals surface area contributed by atoms with E-state index in [0.29, 0.717) is 12.0 Å². The number of nitrogens with zero attached hydrogens (tertiary/aromatic N) is 4. The van der Waals surface area contributed by atoms with Gasteiger partial charge < -0.3 is 9.13 Å². The predicted octanol–water partition coefficient (Wildman–Crippen LogP) is 5.26. The Kier molecular flexibility index (Phi) is 4.62. The van der Waals surface area contributed by atoms with E-state index in [9.17, 15) is 4.79 Å². The van der Waals surface area contributed by atoms with Crippen molar-refractivity contribution in [1.82, 2.24) is 19.3 Å². The van der Waals surface area contributed by atoms with E-state index in [0.717, 1.165) is 33.6 Å². The minimum absolute atomic E-state index is 0.156. The molecule has 0 radical (unpaired) electrons. The van der Waals surface area contributed by atoms with E-state index in [2.05, 4.69) is 38.4 Å². The van der Waals surface area contributed by atoms with Crippen LogP contribution in [0.25, 0.3) is 5.69 Å². The highest BCUT2D eigenvalue weighted by Crippen LogP contribution is 2.46. The third-order valence-corrected chi connectivity index (χ3v) is 6.96. The number of para-hydroxylation sites is 1. The zero-order valence-corrected chi connectivity index (χ0v) is 17.9. The van der Waals surface area contributed by atoms with Gasteiger partial charge in [-0.1, -0.05) is 30.0 Å². The van der Waals surface area contributed by atoms with E-state index in [1.165, 1.54) is 25.7 Å². The maximum atomic E-state index is 13.3. The summed E-state index contributed by atoms with van der Waals surface area (Å²) in [6.45, 7) is 6.08. The molecule has 0 unspecified atom stereocenters. The van der Waals surface area contributed by atoms with E-state index in [1.807, 2.05) is 38.1 Å². The van der Waals surface area contributed by atoms with Crippen molar-refractivity contribution in [3.8, 4) is 5.69 Å². The normalized spacial score (nSPS) is 17.5. The number of benzene rings is 1. The molecule has 0 amide bonds. The zero-order valence-electron chi connectivity index (χ0n) is 17.1. The molecule has 29 heavy (non-hydrogen) atoms. The Bertz CT molecular complexity index is 1060. The fraction of sp³-hybridized carbons (Fsp3) is 0.435. The van der Waals surface area contributed by atoms with Crippen molar-refractivity contribution in [2.45, 2.75) is 68.8 Å². The number of rotatable bonds is 7. The molecule has 1 aromatic carbocycles. The molecule has 2 aliphatic carbocycles. The van der Waals surface area contributed by atoms with Crippen LogP contribution in [0.1, 0.15) is 72.1 Å². The van der Waals surface area contributed by atoms with Gasteiger partial charge in [-0.25, -0.2) is 0 Å². The predicted molar refractivity (Wildman–Crippen MR) is 115 cm³/mol. The number of thioether (sulfide) groups is 1. The molecule has 0 saturated heterocycles. The monoisotopic (exact) mass is 406 g/mol. The molecule has 0 N–H and O–H groups in total. The van der Waals surface area contributed by atoms with Gasteiger partial charge in [-0.05, 0) is 64.7 Å². The first kappa shape index (κ1) is 18.7. The average molecular weight is 407 g/mol. The zero-order chi connectivity index (χ0) is 20.1. The van der Waals surface area contributed by atoms with Crippen LogP contribution in [0, 0.1) is 13.8 Å². The van der Waals surface area contributed by atoms with Gasteiger partial charge in [0, 0.05) is 34.6 Å². The molecular weight excluding hydrogens is 380 g/mol. The van der Waals surface area contributed by atoms with Gasteiger partial charge in [-0.15, -0.1) is 10.2 Å². The Morgan fingerprint density at radius 3 is 2.48 bits per heavy atom. The van der Waals surface area contributed by atoms with Gasteiger partial charge in [0.1, 0.15) is 5.82 Å². The first-order chi connectivity index (χ1) is 14.0. The quantitative estimate of drug-likeness (QED) is 0.397. The third kappa shape index (κ3) is 3.44. The molecule has 2 heterocycles. The molecule has 5 nitrogen and oxygen atoms in total. The van der Waals surface area contributed by atoms with Crippen molar-refractivity contribution in [2.24, 2.45) is 0 Å². The van der Waals surface area contributed by atoms with E-state index in [-0.39, 0.29) is 11.0 Å². The largest absolute Gasteiger partial charge is 0.318 e. The lowest BCUT2D eigenvalue weighted by Gasteiger charge is -2.13. The van der Waals surface area contributed by atoms with Crippen molar-refractivity contribution in [2.75, 3.05) is 0 Å². The molecule has 0 bridgehead atoms. The molecule has 150 valence electrons. The average Bonchev–Trinajstić information content (AvgIpc) is 3.65. The summed E-state index contributed by atoms with van der Waals surface area (Å²) in [6, 6.07) is 12.8. The summed E-state index contributed by atoms with van der Waals surface area (Å²) in [7, 11) is 0. The summed E-state index contributed by atoms with van der Waals surface area (Å²) in [5.74, 6) is 1.87. The fourth-order valence-electron chi connectivity index (χ4n) is 4.08. The van der Waals surface area contributed by atoms with Crippen LogP contribution in [0.15, 0.2) is 41.6 Å². The minimum Gasteiger partial charge on any atom is -0.318 e. The Morgan fingerprint density at radius 1 is 1.10 bits per heavy atom. The van der Waals surface area contributed by atoms with Gasteiger partial charge in [-0.2, -0.15) is 0 Å². The third-order valence-electron chi connectivity index (χ3n) is 5.91. The Labute approximate surface area is 175 Å². The van der Waals surface area contributed by atoms with Crippen molar-refractivity contribution in [3.63, 3.8) is 0 Å². The van der Waals surface area contributed by atoms with E-state index >= 15 is 0 Å². The molecule has 0 aliphatic heterocycles. The molecule has 5 rings (SSSR count). The Balaban J connectivity index is 1.41. The highest BCUT2D eigenvalue weighted by molar-refractivity contribution is 8.00. The van der Waals surface area contributed by atoms with Crippen LogP contribution in [-0.2, 0) is 0 Å². The van der Waals surface area contributed by atoms with Gasteiger partial charge in [0.05, 0.1) is 5.25 Å². The molecule has 2 aliphatic rings. The highest BCUT2D eigenvalue weighted by atomic mass is 32.2. The molecule has 0 spiro atoms. The minimum atomic E-state index is -0.200. The summed E-state index contributed by atoms with van der Waals surface area (Å²) in [4.78, 5) is 13.3. The molecule has 2 aromatic heterocycles. The lowest BCUT2D eigenvalue weighted by Crippen LogP contribution is -2.16. The molecule has 2 fully saturated rings. The van der Waals surface area contributed by atoms with Crippen LogP contribution in [0.2, 0.25) is 0 Å². The Hall–Kier alpha value is -2.34. The van der Waals surface area contributed by atoms with Gasteiger partial charge >= 0.3 is 0 Å². The smallest absolute Gasteiger partial charge is 0.192 e. The van der Waals surface area contributed by atoms with Gasteiger partial charge in [-0.3, -0.25) is 4.79 Å². The van der Waals surface area contributed by atoms with Crippen LogP contribution in [0.4, 0.5) is 0 Å². The van der Waals surface area contributed by atoms with Crippen LogP contribution in [0.5, 0.6) is 0 Å². The number of ketones is 1. The van der Waals surface area contributed by atoms with E-state index < -0.39 is 0 Å². The van der Waals surface area contributed by atoms with Crippen LogP contribution in [0.3, 0.4) is 0 Å². The van der Waals surface area contributed by atoms with E-state index in [1.54, 1.807) is 11.8 Å². The number of Topliss-reactive ketones (excluding diaryl/α,β-unsaturated/α-hetero) is 1. The van der Waals surface area contributed by atoms with Crippen LogP contribution in [-0.4, -0.2) is 30.4 Å². The molecule has 6 heteroatoms. The summed E-state index contributed by atoms with van der Waals surface area (Å²) in [5.41, 5.74) is 3.95. The maximum Gasteiger partial charge on any atom is 0.192 e. The van der Waals surface area contributed by atoms with Crippen LogP contribution < -0.4 is 0 Å². The van der Waals surface area contributed by atoms with Crippen molar-refractivity contribution in [3.05, 3.63) is 59.2 Å². The second kappa shape index (κ2) is 7.17. The SMILES string of the molecule is Cc1cc(C(=O)[C@H](C)Sc2nnc(C3CC3)n2C2CC2)c(C)n1-c1ccccc1. The number of carbonyl (C=O) groups excluding carboxylic acids is 1. The van der Waals surface area contributed by atoms with Gasteiger partial charge in [0.15, 0.2) is 10.9 Å². The second-order valence-corrected chi connectivity index (χ2v) is 9.60. The molecule has 1 atom stereocenters. The molecular formula is C23H26N4OS. The lowest BCUT2D eigenvalue weighted by atomic mass is 10.1. The number of aromatic nitrogens is 4. The first-order valence-corrected chi connectivity index (χ1v) is 11.3. The van der Waals surface area contributed by atoms with Gasteiger partial charge in [0.2, 0.25) is 0 Å². The fourth-order valence-corrected chi connectivity index (χ4v) is 5.08. The molecule has 3 aromatic rings. The Morgan fingerprint density at radius 2 is 1.83 bits per heavy atom. The summed E-state index contributed by atoms with van der Waals surface area (Å²) in [6.07, 6.45) is 4.84. The maximum absolute atomic E-state index is 13.3. The van der Waals surface area contributed by atoms with Gasteiger partial charge in [0.25, 0.3) is 0 Å². The van der Waals surface area contributed by atoms with Crippen molar-refractivity contribution >= 4 is 17.5 Å². The van der Waals surface area contributed by atoms with Crippen molar-refractivity contribution in [1.29, 1.82) is 0 Å². The molecule has 2 saturated carbocycles. The first-order valence-electron chi connectivity index (χ1n) is 10.4. The number of carbonyl (C=O) groups is 1. The topological polar surface area (TPSA) is 52.7 Å². The number of hydrogen-bond acceptors (Lipinski definition) is 4. The highest BCUT2D eigenvalue weighted by Gasteiger charge is 2.37. The van der Waals surface area contributed by atoms with Crippen LogP contribution >= 0.6 is 11.8 Å².